The van der Waals surface area contributed by atoms with Gasteiger partial charge in [0.15, 0.2) is 0 Å². The highest BCUT2D eigenvalue weighted by Gasteiger charge is 2.38. The Labute approximate surface area is 228 Å². The molecule has 0 unspecified atom stereocenters. The molecule has 2 saturated carbocycles. The number of benzene rings is 2. The lowest BCUT2D eigenvalue weighted by Crippen LogP contribution is -2.33. The maximum atomic E-state index is 12.0. The third-order valence-corrected chi connectivity index (χ3v) is 8.84. The zero-order valence-corrected chi connectivity index (χ0v) is 23.0. The van der Waals surface area contributed by atoms with Gasteiger partial charge in [-0.25, -0.2) is 9.59 Å². The van der Waals surface area contributed by atoms with Crippen LogP contribution >= 0.6 is 0 Å². The standard InChI is InChI=1S/C34H42O4/c1-5-32(35)37-30-16-12-28(13-17-30)34(29-14-18-31(19-15-29)38-33(36)24(2)3)22-20-27(21-23-34)11-10-26-8-6-25(4)7-9-26/h5,12-19,25-27H,1-2,6-11,20-23H2,3-4H3. The molecule has 4 rings (SSSR count). The maximum absolute atomic E-state index is 12.0. The van der Waals surface area contributed by atoms with Crippen LogP contribution in [0.15, 0.2) is 73.3 Å². The molecule has 2 aliphatic rings. The summed E-state index contributed by atoms with van der Waals surface area (Å²) in [5.41, 5.74) is 2.70. The molecule has 2 aliphatic carbocycles. The van der Waals surface area contributed by atoms with Crippen molar-refractivity contribution in [2.75, 3.05) is 0 Å². The molecule has 0 aliphatic heterocycles. The fourth-order valence-corrected chi connectivity index (χ4v) is 6.33. The molecular formula is C34H42O4. The molecule has 0 radical (unpaired) electrons. The predicted molar refractivity (Wildman–Crippen MR) is 152 cm³/mol. The molecule has 202 valence electrons. The SMILES string of the molecule is C=CC(=O)Oc1ccc(C2(c3ccc(OC(=O)C(=C)C)cc3)CCC(CCC3CCC(C)CC3)CC2)cc1. The summed E-state index contributed by atoms with van der Waals surface area (Å²) < 4.78 is 10.8. The van der Waals surface area contributed by atoms with Crippen LogP contribution in [0.4, 0.5) is 0 Å². The second kappa shape index (κ2) is 12.6. The van der Waals surface area contributed by atoms with E-state index in [1.807, 2.05) is 24.3 Å². The number of rotatable bonds is 9. The van der Waals surface area contributed by atoms with Crippen LogP contribution in [0.3, 0.4) is 0 Å². The lowest BCUT2D eigenvalue weighted by atomic mass is 9.62. The van der Waals surface area contributed by atoms with Gasteiger partial charge in [0, 0.05) is 17.1 Å². The van der Waals surface area contributed by atoms with Crippen LogP contribution < -0.4 is 9.47 Å². The Morgan fingerprint density at radius 1 is 0.816 bits per heavy atom. The molecule has 4 heteroatoms. The van der Waals surface area contributed by atoms with Crippen molar-refractivity contribution in [3.05, 3.63) is 84.5 Å². The van der Waals surface area contributed by atoms with Gasteiger partial charge >= 0.3 is 11.9 Å². The average Bonchev–Trinajstić information content (AvgIpc) is 2.94. The zero-order valence-electron chi connectivity index (χ0n) is 23.0. The van der Waals surface area contributed by atoms with E-state index in [-0.39, 0.29) is 5.41 Å². The van der Waals surface area contributed by atoms with Gasteiger partial charge in [-0.2, -0.15) is 0 Å². The summed E-state index contributed by atoms with van der Waals surface area (Å²) in [5, 5.41) is 0. The van der Waals surface area contributed by atoms with Gasteiger partial charge in [-0.3, -0.25) is 0 Å². The number of hydrogen-bond donors (Lipinski definition) is 0. The Morgan fingerprint density at radius 3 is 1.76 bits per heavy atom. The molecule has 2 aromatic carbocycles. The molecule has 38 heavy (non-hydrogen) atoms. The molecule has 0 aromatic heterocycles. The van der Waals surface area contributed by atoms with Crippen molar-refractivity contribution in [2.45, 2.75) is 83.5 Å². The number of carbonyl (C=O) groups excluding carboxylic acids is 2. The third kappa shape index (κ3) is 6.83. The second-order valence-electron chi connectivity index (χ2n) is 11.6. The Hall–Kier alpha value is -3.14. The average molecular weight is 515 g/mol. The van der Waals surface area contributed by atoms with Crippen molar-refractivity contribution in [1.29, 1.82) is 0 Å². The summed E-state index contributed by atoms with van der Waals surface area (Å²) >= 11 is 0. The van der Waals surface area contributed by atoms with Gasteiger partial charge in [-0.15, -0.1) is 0 Å². The van der Waals surface area contributed by atoms with Crippen molar-refractivity contribution in [3.8, 4) is 11.5 Å². The molecule has 4 nitrogen and oxygen atoms in total. The minimum absolute atomic E-state index is 0.130. The Balaban J connectivity index is 1.50. The van der Waals surface area contributed by atoms with Crippen LogP contribution in [0.1, 0.15) is 89.2 Å². The number of hydrogen-bond acceptors (Lipinski definition) is 4. The van der Waals surface area contributed by atoms with Gasteiger partial charge in [0.25, 0.3) is 0 Å². The fourth-order valence-electron chi connectivity index (χ4n) is 6.33. The van der Waals surface area contributed by atoms with E-state index >= 15 is 0 Å². The highest BCUT2D eigenvalue weighted by molar-refractivity contribution is 5.88. The summed E-state index contributed by atoms with van der Waals surface area (Å²) in [6.45, 7) is 11.2. The van der Waals surface area contributed by atoms with E-state index in [2.05, 4.69) is 44.3 Å². The number of carbonyl (C=O) groups is 2. The quantitative estimate of drug-likeness (QED) is 0.192. The van der Waals surface area contributed by atoms with E-state index in [0.717, 1.165) is 30.6 Å². The van der Waals surface area contributed by atoms with E-state index in [9.17, 15) is 9.59 Å². The Bertz CT molecular complexity index is 1110. The van der Waals surface area contributed by atoms with Gasteiger partial charge in [-0.05, 0) is 85.8 Å². The van der Waals surface area contributed by atoms with E-state index in [1.165, 1.54) is 68.6 Å². The van der Waals surface area contributed by atoms with E-state index in [0.29, 0.717) is 17.1 Å². The highest BCUT2D eigenvalue weighted by Crippen LogP contribution is 2.48. The van der Waals surface area contributed by atoms with Crippen molar-refractivity contribution in [3.63, 3.8) is 0 Å². The molecule has 0 heterocycles. The highest BCUT2D eigenvalue weighted by atomic mass is 16.5. The molecule has 2 fully saturated rings. The summed E-state index contributed by atoms with van der Waals surface area (Å²) in [7, 11) is 0. The van der Waals surface area contributed by atoms with Crippen LogP contribution in [0.5, 0.6) is 11.5 Å². The molecule has 0 saturated heterocycles. The molecule has 0 bridgehead atoms. The lowest BCUT2D eigenvalue weighted by Gasteiger charge is -2.42. The van der Waals surface area contributed by atoms with Crippen molar-refractivity contribution < 1.29 is 19.1 Å². The first-order valence-electron chi connectivity index (χ1n) is 14.2. The minimum atomic E-state index is -0.458. The van der Waals surface area contributed by atoms with Gasteiger partial charge in [0.2, 0.25) is 0 Å². The van der Waals surface area contributed by atoms with Crippen LogP contribution in [-0.4, -0.2) is 11.9 Å². The van der Waals surface area contributed by atoms with E-state index in [4.69, 9.17) is 9.47 Å². The van der Waals surface area contributed by atoms with E-state index < -0.39 is 11.9 Å². The monoisotopic (exact) mass is 514 g/mol. The summed E-state index contributed by atoms with van der Waals surface area (Å²) in [6.07, 6.45) is 14.0. The smallest absolute Gasteiger partial charge is 0.338 e. The van der Waals surface area contributed by atoms with Crippen molar-refractivity contribution >= 4 is 11.9 Å². The predicted octanol–water partition coefficient (Wildman–Crippen LogP) is 8.34. The van der Waals surface area contributed by atoms with Gasteiger partial charge < -0.3 is 9.47 Å². The van der Waals surface area contributed by atoms with E-state index in [1.54, 1.807) is 6.92 Å². The minimum Gasteiger partial charge on any atom is -0.423 e. The van der Waals surface area contributed by atoms with Crippen molar-refractivity contribution in [1.82, 2.24) is 0 Å². The van der Waals surface area contributed by atoms with Crippen molar-refractivity contribution in [2.24, 2.45) is 17.8 Å². The largest absolute Gasteiger partial charge is 0.423 e. The first-order chi connectivity index (χ1) is 18.3. The van der Waals surface area contributed by atoms with Gasteiger partial charge in [0.1, 0.15) is 11.5 Å². The lowest BCUT2D eigenvalue weighted by molar-refractivity contribution is -0.130. The Kier molecular flexibility index (Phi) is 9.25. The summed E-state index contributed by atoms with van der Waals surface area (Å²) in [6, 6.07) is 15.9. The molecule has 0 spiro atoms. The Morgan fingerprint density at radius 2 is 1.29 bits per heavy atom. The van der Waals surface area contributed by atoms with Crippen LogP contribution in [0.2, 0.25) is 0 Å². The van der Waals surface area contributed by atoms with Crippen LogP contribution in [-0.2, 0) is 15.0 Å². The van der Waals surface area contributed by atoms with Gasteiger partial charge in [0.05, 0.1) is 0 Å². The normalized spacial score (nSPS) is 25.3. The second-order valence-corrected chi connectivity index (χ2v) is 11.6. The van der Waals surface area contributed by atoms with Gasteiger partial charge in [-0.1, -0.05) is 82.9 Å². The fraction of sp³-hybridized carbons (Fsp3) is 0.471. The number of ether oxygens (including phenoxy) is 2. The molecule has 0 N–H and O–H groups in total. The summed E-state index contributed by atoms with van der Waals surface area (Å²) in [4.78, 5) is 23.6. The molecular weight excluding hydrogens is 472 g/mol. The first kappa shape index (κ1) is 27.9. The maximum Gasteiger partial charge on any atom is 0.338 e. The zero-order chi connectivity index (χ0) is 27.1. The topological polar surface area (TPSA) is 52.6 Å². The molecule has 0 amide bonds. The van der Waals surface area contributed by atoms with Crippen LogP contribution in [0.25, 0.3) is 0 Å². The molecule has 0 atom stereocenters. The number of esters is 2. The van der Waals surface area contributed by atoms with Crippen LogP contribution in [0, 0.1) is 17.8 Å². The molecule has 2 aromatic rings. The summed E-state index contributed by atoms with van der Waals surface area (Å²) in [5.74, 6) is 2.77. The third-order valence-electron chi connectivity index (χ3n) is 8.84. The first-order valence-corrected chi connectivity index (χ1v) is 14.2.